The number of benzene rings is 2. The van der Waals surface area contributed by atoms with Crippen molar-refractivity contribution in [2.24, 2.45) is 0 Å². The number of carbonyl (C=O) groups excluding carboxylic acids is 1. The average Bonchev–Trinajstić information content (AvgIpc) is 2.64. The van der Waals surface area contributed by atoms with Crippen LogP contribution in [-0.4, -0.2) is 37.1 Å². The van der Waals surface area contributed by atoms with Gasteiger partial charge >= 0.3 is 6.03 Å². The third-order valence-electron chi connectivity index (χ3n) is 4.82. The van der Waals surface area contributed by atoms with Crippen LogP contribution in [0.15, 0.2) is 54.6 Å². The van der Waals surface area contributed by atoms with Gasteiger partial charge in [0.2, 0.25) is 0 Å². The molecule has 2 aromatic carbocycles. The molecule has 4 nitrogen and oxygen atoms in total. The van der Waals surface area contributed by atoms with Crippen LogP contribution in [0.4, 0.5) is 4.79 Å². The van der Waals surface area contributed by atoms with Gasteiger partial charge in [-0.3, -0.25) is 0 Å². The number of urea groups is 1. The lowest BCUT2D eigenvalue weighted by Gasteiger charge is -2.31. The molecule has 2 atom stereocenters. The zero-order chi connectivity index (χ0) is 18.4. The quantitative estimate of drug-likeness (QED) is 0.833. The van der Waals surface area contributed by atoms with E-state index in [4.69, 9.17) is 11.6 Å². The third-order valence-corrected chi connectivity index (χ3v) is 5.07. The van der Waals surface area contributed by atoms with E-state index in [1.165, 1.54) is 0 Å². The van der Waals surface area contributed by atoms with Crippen molar-refractivity contribution >= 4 is 17.6 Å². The Bertz CT molecular complexity index is 705. The fourth-order valence-corrected chi connectivity index (χ4v) is 3.59. The molecule has 0 radical (unpaired) electrons. The van der Waals surface area contributed by atoms with E-state index in [1.807, 2.05) is 42.5 Å². The summed E-state index contributed by atoms with van der Waals surface area (Å²) in [6.07, 6.45) is 2.87. The summed E-state index contributed by atoms with van der Waals surface area (Å²) in [5, 5.41) is 7.01. The fourth-order valence-electron chi connectivity index (χ4n) is 3.46. The molecule has 0 aromatic heterocycles. The Morgan fingerprint density at radius 3 is 2.62 bits per heavy atom. The largest absolute Gasteiger partial charge is 0.334 e. The second-order valence-electron chi connectivity index (χ2n) is 7.01. The van der Waals surface area contributed by atoms with E-state index in [0.717, 1.165) is 48.5 Å². The Morgan fingerprint density at radius 2 is 1.92 bits per heavy atom. The maximum absolute atomic E-state index is 12.6. The maximum Gasteiger partial charge on any atom is 0.315 e. The summed E-state index contributed by atoms with van der Waals surface area (Å²) in [6, 6.07) is 17.9. The van der Waals surface area contributed by atoms with Crippen molar-refractivity contribution in [3.63, 3.8) is 0 Å². The van der Waals surface area contributed by atoms with Crippen LogP contribution in [0.5, 0.6) is 0 Å². The molecule has 26 heavy (non-hydrogen) atoms. The lowest BCUT2D eigenvalue weighted by molar-refractivity contribution is 0.207. The second-order valence-corrected chi connectivity index (χ2v) is 7.45. The zero-order valence-corrected chi connectivity index (χ0v) is 15.9. The molecule has 2 aromatic rings. The van der Waals surface area contributed by atoms with Gasteiger partial charge in [-0.2, -0.15) is 0 Å². The number of amides is 2. The number of piperidine rings is 1. The number of likely N-dealkylation sites (tertiary alicyclic amines) is 1. The van der Waals surface area contributed by atoms with Gasteiger partial charge in [-0.1, -0.05) is 54.1 Å². The van der Waals surface area contributed by atoms with Gasteiger partial charge in [0.15, 0.2) is 0 Å². The van der Waals surface area contributed by atoms with Gasteiger partial charge in [0, 0.05) is 17.6 Å². The molecular formula is C21H26ClN3O. The van der Waals surface area contributed by atoms with Crippen LogP contribution < -0.4 is 10.6 Å². The molecule has 0 unspecified atom stereocenters. The first kappa shape index (κ1) is 18.7. The van der Waals surface area contributed by atoms with Gasteiger partial charge < -0.3 is 15.5 Å². The van der Waals surface area contributed by atoms with E-state index >= 15 is 0 Å². The molecule has 1 saturated heterocycles. The summed E-state index contributed by atoms with van der Waals surface area (Å²) in [5.41, 5.74) is 2.24. The molecule has 1 aliphatic rings. The minimum atomic E-state index is -0.104. The van der Waals surface area contributed by atoms with Crippen LogP contribution in [-0.2, 0) is 6.42 Å². The van der Waals surface area contributed by atoms with Crippen molar-refractivity contribution < 1.29 is 4.79 Å². The Labute approximate surface area is 160 Å². The molecule has 1 aliphatic heterocycles. The number of rotatable bonds is 5. The first-order chi connectivity index (χ1) is 12.6. The highest BCUT2D eigenvalue weighted by molar-refractivity contribution is 6.30. The molecule has 0 spiro atoms. The highest BCUT2D eigenvalue weighted by Gasteiger charge is 2.21. The normalized spacial score (nSPS) is 18.9. The van der Waals surface area contributed by atoms with E-state index < -0.39 is 0 Å². The van der Waals surface area contributed by atoms with Crippen LogP contribution in [0.25, 0.3) is 0 Å². The number of carbonyl (C=O) groups is 1. The minimum absolute atomic E-state index is 0.0845. The smallest absolute Gasteiger partial charge is 0.315 e. The van der Waals surface area contributed by atoms with Crippen molar-refractivity contribution in [1.82, 2.24) is 15.5 Å². The van der Waals surface area contributed by atoms with Crippen molar-refractivity contribution in [2.45, 2.75) is 31.3 Å². The first-order valence-electron chi connectivity index (χ1n) is 9.15. The van der Waals surface area contributed by atoms with Crippen LogP contribution in [0.3, 0.4) is 0 Å². The molecule has 1 heterocycles. The lowest BCUT2D eigenvalue weighted by Crippen LogP contribution is -2.50. The molecule has 2 N–H and O–H groups in total. The minimum Gasteiger partial charge on any atom is -0.334 e. The summed E-state index contributed by atoms with van der Waals surface area (Å²) in [7, 11) is 2.10. The topological polar surface area (TPSA) is 44.4 Å². The monoisotopic (exact) mass is 371 g/mol. The molecule has 0 saturated carbocycles. The van der Waals surface area contributed by atoms with E-state index in [-0.39, 0.29) is 18.1 Å². The van der Waals surface area contributed by atoms with E-state index in [2.05, 4.69) is 34.7 Å². The van der Waals surface area contributed by atoms with Gasteiger partial charge in [-0.25, -0.2) is 4.79 Å². The van der Waals surface area contributed by atoms with Gasteiger partial charge in [0.1, 0.15) is 0 Å². The fraction of sp³-hybridized carbons (Fsp3) is 0.381. The van der Waals surface area contributed by atoms with E-state index in [1.54, 1.807) is 0 Å². The summed E-state index contributed by atoms with van der Waals surface area (Å²) < 4.78 is 0. The average molecular weight is 372 g/mol. The van der Waals surface area contributed by atoms with Gasteiger partial charge in [0.05, 0.1) is 6.04 Å². The molecule has 0 bridgehead atoms. The van der Waals surface area contributed by atoms with Crippen LogP contribution >= 0.6 is 11.6 Å². The second kappa shape index (κ2) is 9.06. The molecule has 3 rings (SSSR count). The zero-order valence-electron chi connectivity index (χ0n) is 15.1. The molecular weight excluding hydrogens is 346 g/mol. The van der Waals surface area contributed by atoms with Crippen molar-refractivity contribution in [3.05, 3.63) is 70.7 Å². The Morgan fingerprint density at radius 1 is 1.19 bits per heavy atom. The summed E-state index contributed by atoms with van der Waals surface area (Å²) in [5.74, 6) is 0. The standard InChI is InChI=1S/C21H26ClN3O/c1-25-13-5-8-19(15-25)23-21(26)24-20(17-6-3-2-4-7-17)14-16-9-11-18(22)12-10-16/h2-4,6-7,9-12,19-20H,5,8,13-15H2,1H3,(H2,23,24,26)/t19-,20+/m0/s1. The summed E-state index contributed by atoms with van der Waals surface area (Å²) in [6.45, 7) is 2.00. The predicted molar refractivity (Wildman–Crippen MR) is 107 cm³/mol. The van der Waals surface area contributed by atoms with Crippen molar-refractivity contribution in [3.8, 4) is 0 Å². The van der Waals surface area contributed by atoms with Crippen molar-refractivity contribution in [1.29, 1.82) is 0 Å². The summed E-state index contributed by atoms with van der Waals surface area (Å²) >= 11 is 5.99. The van der Waals surface area contributed by atoms with Gasteiger partial charge in [0.25, 0.3) is 0 Å². The van der Waals surface area contributed by atoms with E-state index in [0.29, 0.717) is 0 Å². The maximum atomic E-state index is 12.6. The highest BCUT2D eigenvalue weighted by Crippen LogP contribution is 2.20. The van der Waals surface area contributed by atoms with Crippen LogP contribution in [0.1, 0.15) is 30.0 Å². The Hall–Kier alpha value is -2.04. The molecule has 138 valence electrons. The molecule has 1 fully saturated rings. The predicted octanol–water partition coefficient (Wildman–Crippen LogP) is 4.02. The lowest BCUT2D eigenvalue weighted by atomic mass is 9.99. The van der Waals surface area contributed by atoms with Gasteiger partial charge in [-0.05, 0) is 56.1 Å². The van der Waals surface area contributed by atoms with Crippen LogP contribution in [0.2, 0.25) is 5.02 Å². The van der Waals surface area contributed by atoms with Crippen molar-refractivity contribution in [2.75, 3.05) is 20.1 Å². The number of halogens is 1. The highest BCUT2D eigenvalue weighted by atomic mass is 35.5. The number of nitrogens with one attached hydrogen (secondary N) is 2. The Balaban J connectivity index is 1.67. The van der Waals surface area contributed by atoms with Gasteiger partial charge in [-0.15, -0.1) is 0 Å². The third kappa shape index (κ3) is 5.48. The van der Waals surface area contributed by atoms with Crippen LogP contribution in [0, 0.1) is 0 Å². The molecule has 5 heteroatoms. The molecule has 2 amide bonds. The summed E-state index contributed by atoms with van der Waals surface area (Å²) in [4.78, 5) is 14.8. The number of hydrogen-bond acceptors (Lipinski definition) is 2. The van der Waals surface area contributed by atoms with E-state index in [9.17, 15) is 4.79 Å². The first-order valence-corrected chi connectivity index (χ1v) is 9.53. The number of nitrogens with zero attached hydrogens (tertiary/aromatic N) is 1. The Kier molecular flexibility index (Phi) is 6.53. The number of likely N-dealkylation sites (N-methyl/N-ethyl adjacent to an activating group) is 1. The molecule has 0 aliphatic carbocycles. The number of hydrogen-bond donors (Lipinski definition) is 2. The SMILES string of the molecule is CN1CCC[C@H](NC(=O)N[C@H](Cc2ccc(Cl)cc2)c2ccccc2)C1.